The summed E-state index contributed by atoms with van der Waals surface area (Å²) < 4.78 is 17.6. The molecule has 128 valence electrons. The minimum atomic E-state index is -0.864. The molecule has 1 aliphatic rings. The Kier molecular flexibility index (Phi) is 6.04. The van der Waals surface area contributed by atoms with Gasteiger partial charge in [0.25, 0.3) is 0 Å². The highest BCUT2D eigenvalue weighted by atomic mass is 32.2. The van der Waals surface area contributed by atoms with Crippen LogP contribution in [0.4, 0.5) is 0 Å². The number of nitrogens with one attached hydrogen (secondary N) is 2. The van der Waals surface area contributed by atoms with E-state index in [0.717, 1.165) is 23.7 Å². The number of nitrogens with zero attached hydrogens (tertiary/aromatic N) is 1. The molecule has 1 aromatic carbocycles. The number of hydrogen-bond donors (Lipinski definition) is 2. The Morgan fingerprint density at radius 3 is 2.83 bits per heavy atom. The lowest BCUT2D eigenvalue weighted by atomic mass is 10.0. The molecule has 23 heavy (non-hydrogen) atoms. The zero-order valence-corrected chi connectivity index (χ0v) is 15.2. The number of aliphatic imine (C=N–C) groups is 1. The van der Waals surface area contributed by atoms with Crippen LogP contribution in [-0.4, -0.2) is 40.9 Å². The molecule has 1 heterocycles. The van der Waals surface area contributed by atoms with E-state index in [0.29, 0.717) is 18.9 Å². The van der Waals surface area contributed by atoms with Crippen molar-refractivity contribution in [3.63, 3.8) is 0 Å². The van der Waals surface area contributed by atoms with E-state index in [9.17, 15) is 4.21 Å². The molecule has 2 atom stereocenters. The smallest absolute Gasteiger partial charge is 0.191 e. The number of para-hydroxylation sites is 1. The molecule has 0 spiro atoms. The Balaban J connectivity index is 1.90. The maximum absolute atomic E-state index is 12.1. The summed E-state index contributed by atoms with van der Waals surface area (Å²) in [6, 6.07) is 8.25. The summed E-state index contributed by atoms with van der Waals surface area (Å²) in [4.78, 5) is 4.27. The second kappa shape index (κ2) is 7.81. The van der Waals surface area contributed by atoms with Crippen molar-refractivity contribution in [2.75, 3.05) is 26.0 Å². The van der Waals surface area contributed by atoms with Crippen LogP contribution in [0.2, 0.25) is 0 Å². The largest absolute Gasteiger partial charge is 0.493 e. The van der Waals surface area contributed by atoms with Crippen LogP contribution in [0.1, 0.15) is 38.8 Å². The molecular formula is C17H27N3O2S. The highest BCUT2D eigenvalue weighted by Crippen LogP contribution is 2.31. The highest BCUT2D eigenvalue weighted by Gasteiger charge is 2.22. The van der Waals surface area contributed by atoms with Gasteiger partial charge in [-0.1, -0.05) is 18.2 Å². The van der Waals surface area contributed by atoms with Gasteiger partial charge in [0.2, 0.25) is 0 Å². The van der Waals surface area contributed by atoms with Crippen molar-refractivity contribution in [3.8, 4) is 5.75 Å². The van der Waals surface area contributed by atoms with E-state index in [1.807, 2.05) is 39.0 Å². The van der Waals surface area contributed by atoms with Gasteiger partial charge >= 0.3 is 0 Å². The van der Waals surface area contributed by atoms with Gasteiger partial charge in [-0.25, -0.2) is 0 Å². The minimum Gasteiger partial charge on any atom is -0.493 e. The molecule has 0 saturated carbocycles. The number of guanidine groups is 1. The summed E-state index contributed by atoms with van der Waals surface area (Å²) in [5.74, 6) is 2.27. The molecule has 0 radical (unpaired) electrons. The molecule has 2 unspecified atom stereocenters. The van der Waals surface area contributed by atoms with Crippen molar-refractivity contribution in [3.05, 3.63) is 29.8 Å². The molecular weight excluding hydrogens is 310 g/mol. The maximum Gasteiger partial charge on any atom is 0.191 e. The second-order valence-electron chi connectivity index (χ2n) is 6.53. The maximum atomic E-state index is 12.1. The van der Waals surface area contributed by atoms with Crippen molar-refractivity contribution >= 4 is 16.8 Å². The van der Waals surface area contributed by atoms with Crippen LogP contribution >= 0.6 is 0 Å². The Hall–Kier alpha value is -1.56. The molecule has 1 aromatic rings. The number of ether oxygens (including phenoxy) is 1. The molecule has 0 bridgehead atoms. The third kappa shape index (κ3) is 4.96. The van der Waals surface area contributed by atoms with Gasteiger partial charge in [-0.3, -0.25) is 9.20 Å². The first-order valence-corrected chi connectivity index (χ1v) is 9.31. The lowest BCUT2D eigenvalue weighted by Crippen LogP contribution is -2.43. The molecule has 2 rings (SSSR count). The highest BCUT2D eigenvalue weighted by molar-refractivity contribution is 7.86. The topological polar surface area (TPSA) is 62.7 Å². The summed E-state index contributed by atoms with van der Waals surface area (Å²) in [6.07, 6.45) is 0.894. The molecule has 0 fully saturated rings. The molecule has 5 nitrogen and oxygen atoms in total. The van der Waals surface area contributed by atoms with E-state index in [-0.39, 0.29) is 10.8 Å². The monoisotopic (exact) mass is 337 g/mol. The molecule has 0 amide bonds. The van der Waals surface area contributed by atoms with Crippen LogP contribution in [-0.2, 0) is 10.8 Å². The van der Waals surface area contributed by atoms with Gasteiger partial charge < -0.3 is 15.4 Å². The van der Waals surface area contributed by atoms with Gasteiger partial charge in [-0.2, -0.15) is 0 Å². The van der Waals surface area contributed by atoms with Crippen LogP contribution in [0.3, 0.4) is 0 Å². The standard InChI is InChI=1S/C17H27N3O2S/c1-17(2,3)23(21)12-10-19-16(18-4)20-14-9-11-22-15-8-6-5-7-13(14)15/h5-8,14H,9-12H2,1-4H3,(H2,18,19,20). The van der Waals surface area contributed by atoms with Crippen molar-refractivity contribution in [1.29, 1.82) is 0 Å². The predicted octanol–water partition coefficient (Wildman–Crippen LogP) is 2.22. The zero-order chi connectivity index (χ0) is 16.9. The summed E-state index contributed by atoms with van der Waals surface area (Å²) in [7, 11) is 0.887. The van der Waals surface area contributed by atoms with Gasteiger partial charge in [0.1, 0.15) is 5.75 Å². The normalized spacial score (nSPS) is 19.5. The third-order valence-corrected chi connectivity index (χ3v) is 5.70. The third-order valence-electron chi connectivity index (χ3n) is 3.76. The molecule has 0 aliphatic carbocycles. The SMILES string of the molecule is CN=C(NCCS(=O)C(C)(C)C)NC1CCOc2ccccc21. The molecule has 0 saturated heterocycles. The lowest BCUT2D eigenvalue weighted by Gasteiger charge is -2.28. The Morgan fingerprint density at radius 1 is 1.39 bits per heavy atom. The van der Waals surface area contributed by atoms with Crippen molar-refractivity contribution in [2.45, 2.75) is 38.0 Å². The summed E-state index contributed by atoms with van der Waals surface area (Å²) in [6.45, 7) is 7.31. The van der Waals surface area contributed by atoms with E-state index in [2.05, 4.69) is 21.7 Å². The molecule has 0 aromatic heterocycles. The fourth-order valence-corrected chi connectivity index (χ4v) is 3.32. The quantitative estimate of drug-likeness (QED) is 0.653. The van der Waals surface area contributed by atoms with E-state index >= 15 is 0 Å². The number of hydrogen-bond acceptors (Lipinski definition) is 3. The summed E-state index contributed by atoms with van der Waals surface area (Å²) in [5, 5.41) is 6.69. The fourth-order valence-electron chi connectivity index (χ4n) is 2.42. The molecule has 1 aliphatic heterocycles. The van der Waals surface area contributed by atoms with Crippen molar-refractivity contribution in [2.24, 2.45) is 4.99 Å². The van der Waals surface area contributed by atoms with Crippen molar-refractivity contribution in [1.82, 2.24) is 10.6 Å². The van der Waals surface area contributed by atoms with Crippen LogP contribution < -0.4 is 15.4 Å². The van der Waals surface area contributed by atoms with Gasteiger partial charge in [-0.05, 0) is 26.8 Å². The van der Waals surface area contributed by atoms with E-state index < -0.39 is 10.8 Å². The average Bonchev–Trinajstić information content (AvgIpc) is 2.53. The van der Waals surface area contributed by atoms with Crippen LogP contribution in [0.25, 0.3) is 0 Å². The summed E-state index contributed by atoms with van der Waals surface area (Å²) in [5.41, 5.74) is 1.15. The van der Waals surface area contributed by atoms with E-state index in [1.54, 1.807) is 7.05 Å². The van der Waals surface area contributed by atoms with Crippen LogP contribution in [0.5, 0.6) is 5.75 Å². The number of benzene rings is 1. The predicted molar refractivity (Wildman–Crippen MR) is 96.6 cm³/mol. The van der Waals surface area contributed by atoms with Crippen LogP contribution in [0, 0.1) is 0 Å². The van der Waals surface area contributed by atoms with Gasteiger partial charge in [0, 0.05) is 46.9 Å². The van der Waals surface area contributed by atoms with Gasteiger partial charge in [0.05, 0.1) is 12.6 Å². The first-order valence-electron chi connectivity index (χ1n) is 7.99. The average molecular weight is 337 g/mol. The van der Waals surface area contributed by atoms with Crippen molar-refractivity contribution < 1.29 is 8.95 Å². The molecule has 2 N–H and O–H groups in total. The number of fused-ring (bicyclic) bond motifs is 1. The van der Waals surface area contributed by atoms with Gasteiger partial charge in [-0.15, -0.1) is 0 Å². The van der Waals surface area contributed by atoms with E-state index in [1.165, 1.54) is 0 Å². The minimum absolute atomic E-state index is 0.180. The lowest BCUT2D eigenvalue weighted by molar-refractivity contribution is 0.261. The van der Waals surface area contributed by atoms with E-state index in [4.69, 9.17) is 4.74 Å². The van der Waals surface area contributed by atoms with Crippen LogP contribution in [0.15, 0.2) is 29.3 Å². The Morgan fingerprint density at radius 2 is 2.13 bits per heavy atom. The molecule has 6 heteroatoms. The Labute approximate surface area is 141 Å². The Bertz CT molecular complexity index is 581. The first kappa shape index (κ1) is 17.8. The summed E-state index contributed by atoms with van der Waals surface area (Å²) >= 11 is 0. The first-order chi connectivity index (χ1) is 10.9. The number of rotatable bonds is 4. The second-order valence-corrected chi connectivity index (χ2v) is 8.86. The van der Waals surface area contributed by atoms with Gasteiger partial charge in [0.15, 0.2) is 5.96 Å². The zero-order valence-electron chi connectivity index (χ0n) is 14.4. The fraction of sp³-hybridized carbons (Fsp3) is 0.588.